The molecule has 132 valence electrons. The fraction of sp³-hybridized carbons (Fsp3) is 0.650. The standard InChI is InChI=1S/C20H29NO3/c1-20(2,3)14-6-4-13(5-7-14)17(22)9-11-19(23)21-16-12-15-8-10-18(16)24-15/h4-7,15-18,22H,8-12H2,1-3H3,(H,21,23)/t15-,16-,17-,18-/m1/s1. The molecule has 4 heteroatoms. The van der Waals surface area contributed by atoms with Crippen LogP contribution in [0.4, 0.5) is 0 Å². The number of aliphatic hydroxyl groups is 1. The van der Waals surface area contributed by atoms with Gasteiger partial charge in [0.05, 0.1) is 24.4 Å². The van der Waals surface area contributed by atoms with E-state index in [0.29, 0.717) is 18.9 Å². The average molecular weight is 331 g/mol. The Morgan fingerprint density at radius 3 is 2.54 bits per heavy atom. The molecule has 0 saturated carbocycles. The highest BCUT2D eigenvalue weighted by atomic mass is 16.5. The molecule has 2 heterocycles. The minimum atomic E-state index is -0.596. The summed E-state index contributed by atoms with van der Waals surface area (Å²) in [5.74, 6) is 0.0153. The molecule has 0 spiro atoms. The van der Waals surface area contributed by atoms with Gasteiger partial charge >= 0.3 is 0 Å². The van der Waals surface area contributed by atoms with Gasteiger partial charge in [-0.15, -0.1) is 0 Å². The van der Waals surface area contributed by atoms with Crippen LogP contribution < -0.4 is 5.32 Å². The van der Waals surface area contributed by atoms with E-state index in [1.165, 1.54) is 5.56 Å². The number of carbonyl (C=O) groups is 1. The van der Waals surface area contributed by atoms with Gasteiger partial charge in [0.1, 0.15) is 0 Å². The van der Waals surface area contributed by atoms with Crippen molar-refractivity contribution in [2.75, 3.05) is 0 Å². The summed E-state index contributed by atoms with van der Waals surface area (Å²) in [4.78, 5) is 12.1. The lowest BCUT2D eigenvalue weighted by atomic mass is 9.86. The molecular weight excluding hydrogens is 302 g/mol. The number of fused-ring (bicyclic) bond motifs is 2. The Kier molecular flexibility index (Phi) is 4.97. The zero-order valence-electron chi connectivity index (χ0n) is 14.9. The normalized spacial score (nSPS) is 27.2. The molecule has 4 atom stereocenters. The van der Waals surface area contributed by atoms with Crippen LogP contribution in [0, 0.1) is 0 Å². The van der Waals surface area contributed by atoms with Gasteiger partial charge in [-0.05, 0) is 42.2 Å². The minimum absolute atomic E-state index is 0.0153. The third-order valence-electron chi connectivity index (χ3n) is 5.26. The second kappa shape index (κ2) is 6.85. The van der Waals surface area contributed by atoms with Crippen molar-refractivity contribution < 1.29 is 14.6 Å². The third kappa shape index (κ3) is 3.98. The summed E-state index contributed by atoms with van der Waals surface area (Å²) in [6, 6.07) is 8.22. The van der Waals surface area contributed by atoms with Gasteiger partial charge < -0.3 is 15.2 Å². The lowest BCUT2D eigenvalue weighted by Crippen LogP contribution is -2.41. The number of hydrogen-bond donors (Lipinski definition) is 2. The molecule has 24 heavy (non-hydrogen) atoms. The van der Waals surface area contributed by atoms with Crippen LogP contribution in [0.25, 0.3) is 0 Å². The smallest absolute Gasteiger partial charge is 0.220 e. The Morgan fingerprint density at radius 1 is 1.29 bits per heavy atom. The van der Waals surface area contributed by atoms with Gasteiger partial charge in [0.15, 0.2) is 0 Å². The maximum Gasteiger partial charge on any atom is 0.220 e. The number of carbonyl (C=O) groups excluding carboxylic acids is 1. The summed E-state index contributed by atoms with van der Waals surface area (Å²) in [7, 11) is 0. The summed E-state index contributed by atoms with van der Waals surface area (Å²) >= 11 is 0. The fourth-order valence-electron chi connectivity index (χ4n) is 3.71. The molecule has 2 aliphatic heterocycles. The van der Waals surface area contributed by atoms with E-state index in [2.05, 4.69) is 38.2 Å². The summed E-state index contributed by atoms with van der Waals surface area (Å²) < 4.78 is 5.76. The van der Waals surface area contributed by atoms with Crippen LogP contribution in [0.3, 0.4) is 0 Å². The van der Waals surface area contributed by atoms with Crippen molar-refractivity contribution in [3.8, 4) is 0 Å². The topological polar surface area (TPSA) is 58.6 Å². The number of rotatable bonds is 5. The molecule has 2 fully saturated rings. The predicted octanol–water partition coefficient (Wildman–Crippen LogP) is 3.23. The van der Waals surface area contributed by atoms with E-state index >= 15 is 0 Å². The molecule has 0 radical (unpaired) electrons. The molecule has 1 aromatic carbocycles. The predicted molar refractivity (Wildman–Crippen MR) is 93.8 cm³/mol. The maximum atomic E-state index is 12.1. The van der Waals surface area contributed by atoms with Crippen molar-refractivity contribution in [2.24, 2.45) is 0 Å². The van der Waals surface area contributed by atoms with Crippen molar-refractivity contribution in [2.45, 2.75) is 82.6 Å². The summed E-state index contributed by atoms with van der Waals surface area (Å²) in [5.41, 5.74) is 2.22. The molecule has 0 aromatic heterocycles. The molecule has 2 aliphatic rings. The molecule has 2 saturated heterocycles. The second-order valence-electron chi connectivity index (χ2n) is 8.21. The molecule has 3 rings (SSSR count). The highest BCUT2D eigenvalue weighted by Gasteiger charge is 2.41. The van der Waals surface area contributed by atoms with Crippen LogP contribution in [0.5, 0.6) is 0 Å². The summed E-state index contributed by atoms with van der Waals surface area (Å²) in [6.07, 6.45) is 3.85. The Morgan fingerprint density at radius 2 is 2.00 bits per heavy atom. The second-order valence-corrected chi connectivity index (χ2v) is 8.21. The largest absolute Gasteiger partial charge is 0.388 e. The van der Waals surface area contributed by atoms with E-state index in [-0.39, 0.29) is 23.5 Å². The maximum absolute atomic E-state index is 12.1. The van der Waals surface area contributed by atoms with Gasteiger partial charge in [0, 0.05) is 6.42 Å². The van der Waals surface area contributed by atoms with Gasteiger partial charge in [0.25, 0.3) is 0 Å². The zero-order chi connectivity index (χ0) is 17.3. The SMILES string of the molecule is CC(C)(C)c1ccc([C@H](O)CCC(=O)N[C@@H]2C[C@H]3CC[C@H]2O3)cc1. The molecule has 0 aliphatic carbocycles. The quantitative estimate of drug-likeness (QED) is 0.871. The van der Waals surface area contributed by atoms with Crippen molar-refractivity contribution in [3.63, 3.8) is 0 Å². The molecular formula is C20H29NO3. The van der Waals surface area contributed by atoms with E-state index in [4.69, 9.17) is 4.74 Å². The van der Waals surface area contributed by atoms with E-state index in [9.17, 15) is 9.90 Å². The molecule has 1 aromatic rings. The molecule has 1 amide bonds. The fourth-order valence-corrected chi connectivity index (χ4v) is 3.71. The van der Waals surface area contributed by atoms with E-state index < -0.39 is 6.10 Å². The van der Waals surface area contributed by atoms with Crippen LogP contribution >= 0.6 is 0 Å². The lowest BCUT2D eigenvalue weighted by Gasteiger charge is -2.21. The van der Waals surface area contributed by atoms with Crippen LogP contribution in [0.15, 0.2) is 24.3 Å². The Bertz CT molecular complexity index is 576. The van der Waals surface area contributed by atoms with Crippen molar-refractivity contribution >= 4 is 5.91 Å². The Labute approximate surface area is 144 Å². The molecule has 2 bridgehead atoms. The highest BCUT2D eigenvalue weighted by Crippen LogP contribution is 2.34. The number of aliphatic hydroxyl groups excluding tert-OH is 1. The summed E-state index contributed by atoms with van der Waals surface area (Å²) in [6.45, 7) is 6.51. The van der Waals surface area contributed by atoms with Gasteiger partial charge in [-0.25, -0.2) is 0 Å². The van der Waals surface area contributed by atoms with Crippen LogP contribution in [0.2, 0.25) is 0 Å². The summed E-state index contributed by atoms with van der Waals surface area (Å²) in [5, 5.41) is 13.4. The first kappa shape index (κ1) is 17.4. The van der Waals surface area contributed by atoms with Crippen LogP contribution in [0.1, 0.15) is 70.1 Å². The van der Waals surface area contributed by atoms with Crippen LogP contribution in [-0.4, -0.2) is 29.3 Å². The van der Waals surface area contributed by atoms with Crippen molar-refractivity contribution in [1.29, 1.82) is 0 Å². The minimum Gasteiger partial charge on any atom is -0.388 e. The Hall–Kier alpha value is -1.39. The number of ether oxygens (including phenoxy) is 1. The van der Waals surface area contributed by atoms with Crippen LogP contribution in [-0.2, 0) is 14.9 Å². The molecule has 0 unspecified atom stereocenters. The monoisotopic (exact) mass is 331 g/mol. The Balaban J connectivity index is 1.46. The average Bonchev–Trinajstić information content (AvgIpc) is 3.14. The first-order chi connectivity index (χ1) is 11.3. The van der Waals surface area contributed by atoms with Crippen molar-refractivity contribution in [3.05, 3.63) is 35.4 Å². The van der Waals surface area contributed by atoms with E-state index in [1.807, 2.05) is 12.1 Å². The number of hydrogen-bond acceptors (Lipinski definition) is 3. The number of benzene rings is 1. The number of nitrogens with one attached hydrogen (secondary N) is 1. The third-order valence-corrected chi connectivity index (χ3v) is 5.26. The van der Waals surface area contributed by atoms with Gasteiger partial charge in [-0.1, -0.05) is 45.0 Å². The number of amides is 1. The first-order valence-corrected chi connectivity index (χ1v) is 9.06. The molecule has 2 N–H and O–H groups in total. The van der Waals surface area contributed by atoms with Crippen molar-refractivity contribution in [1.82, 2.24) is 5.32 Å². The van der Waals surface area contributed by atoms with Gasteiger partial charge in [0.2, 0.25) is 5.91 Å². The highest BCUT2D eigenvalue weighted by molar-refractivity contribution is 5.76. The lowest BCUT2D eigenvalue weighted by molar-refractivity contribution is -0.122. The first-order valence-electron chi connectivity index (χ1n) is 9.06. The zero-order valence-corrected chi connectivity index (χ0v) is 14.9. The van der Waals surface area contributed by atoms with E-state index in [1.54, 1.807) is 0 Å². The molecule has 4 nitrogen and oxygen atoms in total. The van der Waals surface area contributed by atoms with Gasteiger partial charge in [-0.2, -0.15) is 0 Å². The van der Waals surface area contributed by atoms with Gasteiger partial charge in [-0.3, -0.25) is 4.79 Å². The van der Waals surface area contributed by atoms with E-state index in [0.717, 1.165) is 24.8 Å².